The van der Waals surface area contributed by atoms with Crippen LogP contribution in [0.1, 0.15) is 54.8 Å². The fourth-order valence-corrected chi connectivity index (χ4v) is 5.56. The van der Waals surface area contributed by atoms with Gasteiger partial charge >= 0.3 is 5.97 Å². The minimum atomic E-state index is -1.58. The van der Waals surface area contributed by atoms with Crippen LogP contribution >= 0.6 is 0 Å². The molecule has 2 atom stereocenters. The first kappa shape index (κ1) is 28.7. The van der Waals surface area contributed by atoms with Crippen molar-refractivity contribution in [1.29, 1.82) is 0 Å². The highest BCUT2D eigenvalue weighted by Gasteiger charge is 2.41. The predicted molar refractivity (Wildman–Crippen MR) is 150 cm³/mol. The van der Waals surface area contributed by atoms with Gasteiger partial charge in [0.2, 0.25) is 0 Å². The fraction of sp³-hybridized carbons (Fsp3) is 0.344. The maximum Gasteiger partial charge on any atom is 0.329 e. The lowest BCUT2D eigenvalue weighted by atomic mass is 9.87. The van der Waals surface area contributed by atoms with Crippen molar-refractivity contribution in [3.05, 3.63) is 100 Å². The van der Waals surface area contributed by atoms with E-state index in [1.165, 1.54) is 26.0 Å². The van der Waals surface area contributed by atoms with E-state index >= 15 is 8.78 Å². The van der Waals surface area contributed by atoms with Crippen LogP contribution in [0.25, 0.3) is 10.9 Å². The maximum atomic E-state index is 15.8. The van der Waals surface area contributed by atoms with E-state index in [4.69, 9.17) is 14.6 Å². The predicted octanol–water partition coefficient (Wildman–Crippen LogP) is 6.71. The number of halogens is 3. The molecule has 0 saturated carbocycles. The van der Waals surface area contributed by atoms with E-state index < -0.39 is 29.3 Å². The van der Waals surface area contributed by atoms with Crippen molar-refractivity contribution in [1.82, 2.24) is 9.88 Å². The Bertz CT molecular complexity index is 1520. The van der Waals surface area contributed by atoms with Crippen molar-refractivity contribution in [2.45, 2.75) is 58.2 Å². The van der Waals surface area contributed by atoms with Gasteiger partial charge in [-0.25, -0.2) is 18.0 Å². The highest BCUT2D eigenvalue weighted by molar-refractivity contribution is 5.85. The molecule has 2 N–H and O–H groups in total. The molecule has 216 valence electrons. The van der Waals surface area contributed by atoms with Gasteiger partial charge in [-0.3, -0.25) is 4.90 Å². The molecule has 3 aromatic carbocycles. The van der Waals surface area contributed by atoms with Gasteiger partial charge in [0, 0.05) is 46.9 Å². The van der Waals surface area contributed by atoms with E-state index in [0.29, 0.717) is 12.1 Å². The highest BCUT2D eigenvalue weighted by Crippen LogP contribution is 2.43. The Morgan fingerprint density at radius 1 is 1.05 bits per heavy atom. The molecule has 5 rings (SSSR count). The number of alkyl halides is 1. The molecule has 1 aromatic heterocycles. The Morgan fingerprint density at radius 3 is 2.32 bits per heavy atom. The lowest BCUT2D eigenvalue weighted by molar-refractivity contribution is -0.142. The number of aromatic nitrogens is 1. The van der Waals surface area contributed by atoms with Crippen molar-refractivity contribution in [3.63, 3.8) is 0 Å². The van der Waals surface area contributed by atoms with Crippen molar-refractivity contribution in [2.75, 3.05) is 13.2 Å². The molecule has 2 heterocycles. The maximum absolute atomic E-state index is 15.8. The van der Waals surface area contributed by atoms with Crippen molar-refractivity contribution in [2.24, 2.45) is 0 Å². The molecule has 1 aliphatic heterocycles. The lowest BCUT2D eigenvalue weighted by Crippen LogP contribution is -2.48. The molecule has 1 aliphatic rings. The van der Waals surface area contributed by atoms with Crippen molar-refractivity contribution in [3.8, 4) is 5.75 Å². The lowest BCUT2D eigenvalue weighted by Gasteiger charge is -2.43. The van der Waals surface area contributed by atoms with E-state index in [1.54, 1.807) is 24.3 Å². The number of hydrogen-bond donors (Lipinski definition) is 2. The number of carbonyl (C=O) groups is 1. The topological polar surface area (TPSA) is 74.8 Å². The van der Waals surface area contributed by atoms with Gasteiger partial charge in [0.1, 0.15) is 36.3 Å². The summed E-state index contributed by atoms with van der Waals surface area (Å²) in [5.74, 6) is -2.54. The zero-order chi connectivity index (χ0) is 29.3. The summed E-state index contributed by atoms with van der Waals surface area (Å²) in [6.07, 6.45) is 0.626. The molecule has 9 heteroatoms. The van der Waals surface area contributed by atoms with Gasteiger partial charge in [0.25, 0.3) is 0 Å². The van der Waals surface area contributed by atoms with E-state index in [-0.39, 0.29) is 43.7 Å². The summed E-state index contributed by atoms with van der Waals surface area (Å²) >= 11 is 0. The van der Waals surface area contributed by atoms with Crippen LogP contribution in [0.4, 0.5) is 13.2 Å². The van der Waals surface area contributed by atoms with Gasteiger partial charge in [0.05, 0.1) is 12.6 Å². The van der Waals surface area contributed by atoms with Crippen LogP contribution in [0.2, 0.25) is 0 Å². The molecule has 0 fully saturated rings. The van der Waals surface area contributed by atoms with Gasteiger partial charge in [-0.1, -0.05) is 42.5 Å². The molecule has 0 unspecified atom stereocenters. The molecule has 0 amide bonds. The SMILES string of the molecule is C[C@@H]1Cc2c([nH]c3ccccc23)[C@@H](c2c(F)cc(OCc3ccc(COCC(=O)O)cc3)cc2F)N1CC(C)(C)F. The van der Waals surface area contributed by atoms with E-state index in [1.807, 2.05) is 36.1 Å². The highest BCUT2D eigenvalue weighted by atomic mass is 19.1. The molecular formula is C32H33F3N2O4. The number of carboxylic acid groups (broad SMARTS) is 1. The normalized spacial score (nSPS) is 17.5. The van der Waals surface area contributed by atoms with Crippen LogP contribution < -0.4 is 4.74 Å². The number of nitrogens with one attached hydrogen (secondary N) is 1. The Balaban J connectivity index is 1.41. The Morgan fingerprint density at radius 2 is 1.68 bits per heavy atom. The number of H-pyrrole nitrogens is 1. The van der Waals surface area contributed by atoms with Crippen LogP contribution in [0.3, 0.4) is 0 Å². The summed E-state index contributed by atoms with van der Waals surface area (Å²) < 4.78 is 57.4. The van der Waals surface area contributed by atoms with Crippen LogP contribution in [-0.2, 0) is 29.2 Å². The van der Waals surface area contributed by atoms with Crippen molar-refractivity contribution < 1.29 is 32.5 Å². The Labute approximate surface area is 236 Å². The summed E-state index contributed by atoms with van der Waals surface area (Å²) in [6, 6.07) is 16.2. The number of rotatable bonds is 10. The first-order valence-electron chi connectivity index (χ1n) is 13.5. The quantitative estimate of drug-likeness (QED) is 0.223. The largest absolute Gasteiger partial charge is 0.489 e. The number of ether oxygens (including phenoxy) is 2. The van der Waals surface area contributed by atoms with E-state index in [0.717, 1.165) is 27.6 Å². The minimum absolute atomic E-state index is 0.00210. The number of aromatic amines is 1. The van der Waals surface area contributed by atoms with Gasteiger partial charge < -0.3 is 19.6 Å². The Hall–Kier alpha value is -3.82. The number of carboxylic acids is 1. The number of nitrogens with zero attached hydrogens (tertiary/aromatic N) is 1. The zero-order valence-corrected chi connectivity index (χ0v) is 23.2. The summed E-state index contributed by atoms with van der Waals surface area (Å²) in [6.45, 7) is 4.74. The van der Waals surface area contributed by atoms with Crippen molar-refractivity contribution >= 4 is 16.9 Å². The standard InChI is InChI=1S/C32H33F3N2O4/c1-19-12-24-23-6-4-5-7-27(23)36-30(24)31(37(19)18-32(2,3)35)29-25(33)13-22(14-26(29)34)41-16-21-10-8-20(9-11-21)15-40-17-28(38)39/h4-11,13-14,19,31,36H,12,15-18H2,1-3H3,(H,38,39)/t19-,31-/m1/s1. The summed E-state index contributed by atoms with van der Waals surface area (Å²) in [7, 11) is 0. The smallest absolute Gasteiger partial charge is 0.329 e. The van der Waals surface area contributed by atoms with E-state index in [2.05, 4.69) is 4.98 Å². The average Bonchev–Trinajstić information content (AvgIpc) is 3.26. The van der Waals surface area contributed by atoms with Crippen LogP contribution in [0, 0.1) is 11.6 Å². The third-order valence-electron chi connectivity index (χ3n) is 7.32. The first-order chi connectivity index (χ1) is 19.5. The molecule has 0 spiro atoms. The van der Waals surface area contributed by atoms with Crippen LogP contribution in [0.5, 0.6) is 5.75 Å². The molecule has 6 nitrogen and oxygen atoms in total. The molecule has 0 radical (unpaired) electrons. The average molecular weight is 567 g/mol. The molecule has 4 aromatic rings. The number of para-hydroxylation sites is 1. The third-order valence-corrected chi connectivity index (χ3v) is 7.32. The van der Waals surface area contributed by atoms with Gasteiger partial charge in [-0.2, -0.15) is 0 Å². The van der Waals surface area contributed by atoms with Crippen LogP contribution in [-0.4, -0.2) is 45.8 Å². The van der Waals surface area contributed by atoms with Crippen LogP contribution in [0.15, 0.2) is 60.7 Å². The minimum Gasteiger partial charge on any atom is -0.489 e. The fourth-order valence-electron chi connectivity index (χ4n) is 5.56. The first-order valence-corrected chi connectivity index (χ1v) is 13.5. The number of benzene rings is 3. The molecule has 0 bridgehead atoms. The second kappa shape index (κ2) is 11.6. The number of hydrogen-bond acceptors (Lipinski definition) is 4. The third kappa shape index (κ3) is 6.41. The summed E-state index contributed by atoms with van der Waals surface area (Å²) in [4.78, 5) is 15.8. The summed E-state index contributed by atoms with van der Waals surface area (Å²) in [5, 5.41) is 9.67. The second-order valence-electron chi connectivity index (χ2n) is 11.2. The van der Waals surface area contributed by atoms with E-state index in [9.17, 15) is 9.18 Å². The number of fused-ring (bicyclic) bond motifs is 3. The molecule has 41 heavy (non-hydrogen) atoms. The molecule has 0 saturated heterocycles. The van der Waals surface area contributed by atoms with Gasteiger partial charge in [-0.05, 0) is 49.9 Å². The number of aliphatic carboxylic acids is 1. The van der Waals surface area contributed by atoms with Gasteiger partial charge in [0.15, 0.2) is 0 Å². The van der Waals surface area contributed by atoms with Gasteiger partial charge in [-0.15, -0.1) is 0 Å². The Kier molecular flexibility index (Phi) is 8.11. The monoisotopic (exact) mass is 566 g/mol. The zero-order valence-electron chi connectivity index (χ0n) is 23.2. The molecule has 0 aliphatic carbocycles. The second-order valence-corrected chi connectivity index (χ2v) is 11.2. The summed E-state index contributed by atoms with van der Waals surface area (Å²) in [5.41, 5.74) is 2.36. The molecular weight excluding hydrogens is 533 g/mol.